The molecule has 0 fully saturated rings. The molecular weight excluding hydrogens is 410 g/mol. The van der Waals surface area contributed by atoms with Crippen molar-refractivity contribution in [2.24, 2.45) is 5.92 Å². The van der Waals surface area contributed by atoms with Gasteiger partial charge < -0.3 is 9.16 Å². The zero-order valence-electron chi connectivity index (χ0n) is 20.3. The van der Waals surface area contributed by atoms with Crippen molar-refractivity contribution in [3.8, 4) is 0 Å². The summed E-state index contributed by atoms with van der Waals surface area (Å²) in [4.78, 5) is 22.7. The number of hydrogen-bond donors (Lipinski definition) is 0. The monoisotopic (exact) mass is 449 g/mol. The Labute approximate surface area is 188 Å². The molecule has 0 aliphatic rings. The Hall–Kier alpha value is -1.99. The largest absolute Gasteiger partial charge is 0.458 e. The summed E-state index contributed by atoms with van der Waals surface area (Å²) in [6.07, 6.45) is 6.65. The Bertz CT molecular complexity index is 750. The first-order chi connectivity index (χ1) is 14.2. The van der Waals surface area contributed by atoms with Crippen LogP contribution in [-0.2, 0) is 9.16 Å². The molecule has 0 radical (unpaired) electrons. The molecule has 0 aliphatic carbocycles. The van der Waals surface area contributed by atoms with Crippen molar-refractivity contribution < 1.29 is 18.9 Å². The molecule has 0 heterocycles. The Balaban J connectivity index is 2.53. The number of rotatable bonds is 11. The summed E-state index contributed by atoms with van der Waals surface area (Å²) in [5, 5.41) is 11.0. The molecule has 0 bridgehead atoms. The second-order valence-electron chi connectivity index (χ2n) is 9.96. The third kappa shape index (κ3) is 8.95. The van der Waals surface area contributed by atoms with Crippen molar-refractivity contribution in [2.45, 2.75) is 91.1 Å². The van der Waals surface area contributed by atoms with Gasteiger partial charge in [0.25, 0.3) is 5.69 Å². The molecule has 6 nitrogen and oxygen atoms in total. The zero-order chi connectivity index (χ0) is 23.8. The quantitative estimate of drug-likeness (QED) is 0.120. The van der Waals surface area contributed by atoms with Gasteiger partial charge in [-0.2, -0.15) is 0 Å². The topological polar surface area (TPSA) is 78.7 Å². The van der Waals surface area contributed by atoms with Crippen LogP contribution >= 0.6 is 0 Å². The van der Waals surface area contributed by atoms with Crippen LogP contribution in [0.3, 0.4) is 0 Å². The van der Waals surface area contributed by atoms with Gasteiger partial charge in [-0.25, -0.2) is 4.79 Å². The minimum Gasteiger partial charge on any atom is -0.458 e. The predicted molar refractivity (Wildman–Crippen MR) is 128 cm³/mol. The van der Waals surface area contributed by atoms with Gasteiger partial charge in [-0.15, -0.1) is 0 Å². The Kier molecular flexibility index (Phi) is 10.1. The van der Waals surface area contributed by atoms with Crippen molar-refractivity contribution in [3.05, 3.63) is 52.1 Å². The lowest BCUT2D eigenvalue weighted by molar-refractivity contribution is -0.384. The Morgan fingerprint density at radius 1 is 1.13 bits per heavy atom. The van der Waals surface area contributed by atoms with Crippen LogP contribution in [-0.4, -0.2) is 31.4 Å². The van der Waals surface area contributed by atoms with E-state index >= 15 is 0 Å². The molecule has 0 aromatic heterocycles. The van der Waals surface area contributed by atoms with Crippen LogP contribution in [0.1, 0.15) is 71.2 Å². The third-order valence-electron chi connectivity index (χ3n) is 5.89. The molecule has 1 rings (SSSR count). The van der Waals surface area contributed by atoms with Gasteiger partial charge in [-0.05, 0) is 55.9 Å². The Morgan fingerprint density at radius 2 is 1.71 bits per heavy atom. The molecule has 1 aromatic rings. The van der Waals surface area contributed by atoms with E-state index in [2.05, 4.69) is 52.9 Å². The van der Waals surface area contributed by atoms with E-state index in [9.17, 15) is 14.9 Å². The van der Waals surface area contributed by atoms with Gasteiger partial charge in [0, 0.05) is 24.7 Å². The predicted octanol–water partition coefficient (Wildman–Crippen LogP) is 6.91. The number of hydrogen-bond acceptors (Lipinski definition) is 5. The van der Waals surface area contributed by atoms with Crippen molar-refractivity contribution in [1.82, 2.24) is 0 Å². The number of nitro groups is 1. The first-order valence-electron chi connectivity index (χ1n) is 11.0. The lowest BCUT2D eigenvalue weighted by Gasteiger charge is -2.38. The van der Waals surface area contributed by atoms with Crippen LogP contribution in [0, 0.1) is 16.0 Å². The number of non-ortho nitro benzene ring substituents is 1. The minimum atomic E-state index is -1.75. The lowest BCUT2D eigenvalue weighted by Crippen LogP contribution is -2.43. The van der Waals surface area contributed by atoms with E-state index in [4.69, 9.17) is 9.16 Å². The SMILES string of the molecule is CC(C)[C@@H](C/C=C\CC[C@@H](C)O[Si](C)(C)C(C)(C)C)OC(=O)c1ccc([N+](=O)[O-])cc1. The first kappa shape index (κ1) is 27.0. The summed E-state index contributed by atoms with van der Waals surface area (Å²) in [6.45, 7) is 17.4. The number of ether oxygens (including phenoxy) is 1. The summed E-state index contributed by atoms with van der Waals surface area (Å²) in [7, 11) is -1.75. The average Bonchev–Trinajstić information content (AvgIpc) is 2.65. The van der Waals surface area contributed by atoms with Gasteiger partial charge in [0.15, 0.2) is 8.32 Å². The fourth-order valence-electron chi connectivity index (χ4n) is 2.80. The van der Waals surface area contributed by atoms with Gasteiger partial charge in [0.2, 0.25) is 0 Å². The minimum absolute atomic E-state index is 0.0494. The average molecular weight is 450 g/mol. The maximum Gasteiger partial charge on any atom is 0.338 e. The summed E-state index contributed by atoms with van der Waals surface area (Å²) in [5.41, 5.74) is 0.267. The van der Waals surface area contributed by atoms with E-state index in [0.717, 1.165) is 12.8 Å². The number of nitrogens with zero attached hydrogens (tertiary/aromatic N) is 1. The van der Waals surface area contributed by atoms with Crippen LogP contribution in [0.4, 0.5) is 5.69 Å². The van der Waals surface area contributed by atoms with Crippen LogP contribution in [0.2, 0.25) is 18.1 Å². The van der Waals surface area contributed by atoms with Crippen LogP contribution < -0.4 is 0 Å². The summed E-state index contributed by atoms with van der Waals surface area (Å²) >= 11 is 0. The fraction of sp³-hybridized carbons (Fsp3) is 0.625. The zero-order valence-corrected chi connectivity index (χ0v) is 21.3. The number of benzene rings is 1. The second-order valence-corrected chi connectivity index (χ2v) is 14.7. The summed E-state index contributed by atoms with van der Waals surface area (Å²) in [6, 6.07) is 5.48. The highest BCUT2D eigenvalue weighted by molar-refractivity contribution is 6.74. The maximum atomic E-state index is 12.4. The fourth-order valence-corrected chi connectivity index (χ4v) is 4.28. The van der Waals surface area contributed by atoms with Crippen LogP contribution in [0.25, 0.3) is 0 Å². The van der Waals surface area contributed by atoms with Crippen molar-refractivity contribution in [1.29, 1.82) is 0 Å². The van der Waals surface area contributed by atoms with E-state index in [-0.39, 0.29) is 28.9 Å². The lowest BCUT2D eigenvalue weighted by atomic mass is 10.0. The molecule has 0 amide bonds. The Morgan fingerprint density at radius 3 is 2.19 bits per heavy atom. The van der Waals surface area contributed by atoms with Gasteiger partial charge in [-0.1, -0.05) is 46.8 Å². The molecule has 0 saturated heterocycles. The maximum absolute atomic E-state index is 12.4. The molecule has 0 aliphatic heterocycles. The van der Waals surface area contributed by atoms with Crippen LogP contribution in [0.5, 0.6) is 0 Å². The molecule has 2 atom stereocenters. The normalized spacial score (nSPS) is 14.6. The van der Waals surface area contributed by atoms with E-state index < -0.39 is 19.2 Å². The highest BCUT2D eigenvalue weighted by Gasteiger charge is 2.38. The van der Waals surface area contributed by atoms with E-state index in [1.807, 2.05) is 13.8 Å². The number of allylic oxidation sites excluding steroid dienone is 1. The van der Waals surface area contributed by atoms with E-state index in [1.165, 1.54) is 24.3 Å². The van der Waals surface area contributed by atoms with E-state index in [1.54, 1.807) is 0 Å². The molecule has 0 saturated carbocycles. The molecule has 31 heavy (non-hydrogen) atoms. The summed E-state index contributed by atoms with van der Waals surface area (Å²) in [5.74, 6) is -0.300. The second kappa shape index (κ2) is 11.6. The van der Waals surface area contributed by atoms with Crippen molar-refractivity contribution in [2.75, 3.05) is 0 Å². The molecule has 7 heteroatoms. The number of esters is 1. The highest BCUT2D eigenvalue weighted by Crippen LogP contribution is 2.37. The molecule has 1 aromatic carbocycles. The van der Waals surface area contributed by atoms with Gasteiger partial charge in [0.1, 0.15) is 6.10 Å². The van der Waals surface area contributed by atoms with Gasteiger partial charge in [0.05, 0.1) is 10.5 Å². The summed E-state index contributed by atoms with van der Waals surface area (Å²) < 4.78 is 12.0. The number of nitro benzene ring substituents is 1. The highest BCUT2D eigenvalue weighted by atomic mass is 28.4. The van der Waals surface area contributed by atoms with Crippen molar-refractivity contribution in [3.63, 3.8) is 0 Å². The standard InChI is InChI=1S/C24H39NO5Si/c1-18(2)22(29-23(26)20-14-16-21(17-15-20)25(27)28)13-11-9-10-12-19(3)30-31(7,8)24(4,5)6/h9,11,14-19,22H,10,12-13H2,1-8H3/b11-9-/t19-,22-/m1/s1. The van der Waals surface area contributed by atoms with Crippen molar-refractivity contribution >= 4 is 20.0 Å². The third-order valence-corrected chi connectivity index (χ3v) is 10.5. The smallest absolute Gasteiger partial charge is 0.338 e. The molecule has 0 unspecified atom stereocenters. The molecule has 0 N–H and O–H groups in total. The number of carbonyl (C=O) groups is 1. The van der Waals surface area contributed by atoms with Crippen LogP contribution in [0.15, 0.2) is 36.4 Å². The van der Waals surface area contributed by atoms with Gasteiger partial charge in [-0.3, -0.25) is 10.1 Å². The first-order valence-corrected chi connectivity index (χ1v) is 13.9. The molecule has 174 valence electrons. The molecular formula is C24H39NO5Si. The van der Waals surface area contributed by atoms with Gasteiger partial charge >= 0.3 is 5.97 Å². The number of carbonyl (C=O) groups excluding carboxylic acids is 1. The molecule has 0 spiro atoms. The van der Waals surface area contributed by atoms with E-state index in [0.29, 0.717) is 12.0 Å².